The van der Waals surface area contributed by atoms with Gasteiger partial charge in [-0.2, -0.15) is 0 Å². The van der Waals surface area contributed by atoms with Crippen molar-refractivity contribution in [1.82, 2.24) is 4.98 Å². The molecule has 1 unspecified atom stereocenters. The summed E-state index contributed by atoms with van der Waals surface area (Å²) < 4.78 is 5.48. The molecule has 1 N–H and O–H groups in total. The van der Waals surface area contributed by atoms with Gasteiger partial charge in [0.2, 0.25) is 0 Å². The van der Waals surface area contributed by atoms with Crippen LogP contribution in [0.3, 0.4) is 0 Å². The number of halogens is 1. The van der Waals surface area contributed by atoms with Gasteiger partial charge in [0, 0.05) is 39.8 Å². The monoisotopic (exact) mass is 343 g/mol. The third-order valence-corrected chi connectivity index (χ3v) is 5.80. The van der Waals surface area contributed by atoms with Gasteiger partial charge in [-0.05, 0) is 42.5 Å². The second-order valence-corrected chi connectivity index (χ2v) is 6.81. The van der Waals surface area contributed by atoms with Gasteiger partial charge in [0.1, 0.15) is 0 Å². The van der Waals surface area contributed by atoms with Crippen molar-refractivity contribution in [2.24, 2.45) is 5.92 Å². The van der Waals surface area contributed by atoms with E-state index in [4.69, 9.17) is 4.74 Å². The predicted octanol–water partition coefficient (Wildman–Crippen LogP) is 5.18. The third-order valence-electron chi connectivity index (χ3n) is 4.53. The minimum atomic E-state index is 0.416. The Labute approximate surface area is 132 Å². The average molecular weight is 344 g/mol. The van der Waals surface area contributed by atoms with Crippen molar-refractivity contribution >= 4 is 37.7 Å². The Morgan fingerprint density at radius 2 is 1.76 bits per heavy atom. The lowest BCUT2D eigenvalue weighted by Gasteiger charge is -2.26. The first-order chi connectivity index (χ1) is 10.3. The summed E-state index contributed by atoms with van der Waals surface area (Å²) in [7, 11) is 0. The van der Waals surface area contributed by atoms with Gasteiger partial charge in [-0.25, -0.2) is 0 Å². The fraction of sp³-hybridized carbons (Fsp3) is 0.333. The average Bonchev–Trinajstić information content (AvgIpc) is 2.93. The molecule has 1 aliphatic rings. The topological polar surface area (TPSA) is 25.0 Å². The van der Waals surface area contributed by atoms with Gasteiger partial charge in [-0.15, -0.1) is 0 Å². The van der Waals surface area contributed by atoms with Crippen molar-refractivity contribution in [2.75, 3.05) is 13.2 Å². The number of hydrogen-bond acceptors (Lipinski definition) is 1. The summed E-state index contributed by atoms with van der Waals surface area (Å²) in [6.07, 6.45) is 2.28. The molecule has 0 spiro atoms. The Balaban J connectivity index is 1.76. The second kappa shape index (κ2) is 5.47. The molecule has 1 atom stereocenters. The molecule has 1 aromatic heterocycles. The number of hydrogen-bond donors (Lipinski definition) is 1. The molecule has 1 aliphatic heterocycles. The maximum Gasteiger partial charge on any atom is 0.0469 e. The van der Waals surface area contributed by atoms with E-state index < -0.39 is 0 Å². The first kappa shape index (κ1) is 13.4. The maximum absolute atomic E-state index is 5.48. The van der Waals surface area contributed by atoms with Gasteiger partial charge >= 0.3 is 0 Å². The fourth-order valence-corrected chi connectivity index (χ4v) is 4.13. The largest absolute Gasteiger partial charge is 0.381 e. The predicted molar refractivity (Wildman–Crippen MR) is 91.0 cm³/mol. The van der Waals surface area contributed by atoms with E-state index in [9.17, 15) is 0 Å². The summed E-state index contributed by atoms with van der Waals surface area (Å²) in [5, 5.41) is 2.63. The van der Waals surface area contributed by atoms with Crippen LogP contribution >= 0.6 is 15.9 Å². The molecule has 2 heterocycles. The molecule has 0 saturated carbocycles. The highest BCUT2D eigenvalue weighted by Crippen LogP contribution is 2.38. The summed E-state index contributed by atoms with van der Waals surface area (Å²) in [5.74, 6) is 0.668. The van der Waals surface area contributed by atoms with Gasteiger partial charge in [0.25, 0.3) is 0 Å². The molecule has 0 amide bonds. The number of alkyl halides is 1. The number of nitrogens with one attached hydrogen (secondary N) is 1. The van der Waals surface area contributed by atoms with E-state index in [0.29, 0.717) is 10.7 Å². The molecule has 1 saturated heterocycles. The molecule has 0 aliphatic carbocycles. The van der Waals surface area contributed by atoms with Gasteiger partial charge in [0.05, 0.1) is 0 Å². The van der Waals surface area contributed by atoms with E-state index in [0.717, 1.165) is 26.1 Å². The molecule has 4 rings (SSSR count). The van der Waals surface area contributed by atoms with E-state index >= 15 is 0 Å². The van der Waals surface area contributed by atoms with Crippen molar-refractivity contribution in [3.8, 4) is 0 Å². The number of fused-ring (bicyclic) bond motifs is 3. The molecule has 108 valence electrons. The molecule has 0 bridgehead atoms. The molecular weight excluding hydrogens is 326 g/mol. The molecule has 2 nitrogen and oxygen atoms in total. The zero-order valence-electron chi connectivity index (χ0n) is 11.8. The Morgan fingerprint density at radius 3 is 2.62 bits per heavy atom. The number of aromatic nitrogens is 1. The number of para-hydroxylation sites is 1. The van der Waals surface area contributed by atoms with E-state index in [-0.39, 0.29) is 0 Å². The Kier molecular flexibility index (Phi) is 3.48. The number of aromatic amines is 1. The number of rotatable bonds is 2. The molecule has 1 fully saturated rings. The van der Waals surface area contributed by atoms with Crippen molar-refractivity contribution in [3.63, 3.8) is 0 Å². The lowest BCUT2D eigenvalue weighted by molar-refractivity contribution is 0.0662. The zero-order valence-corrected chi connectivity index (χ0v) is 13.4. The maximum atomic E-state index is 5.48. The van der Waals surface area contributed by atoms with Crippen LogP contribution < -0.4 is 0 Å². The minimum Gasteiger partial charge on any atom is -0.381 e. The van der Waals surface area contributed by atoms with Crippen LogP contribution in [0.15, 0.2) is 42.5 Å². The van der Waals surface area contributed by atoms with Gasteiger partial charge in [0.15, 0.2) is 0 Å². The molecule has 21 heavy (non-hydrogen) atoms. The lowest BCUT2D eigenvalue weighted by Crippen LogP contribution is -2.19. The molecule has 3 heteroatoms. The van der Waals surface area contributed by atoms with Crippen molar-refractivity contribution in [2.45, 2.75) is 17.7 Å². The third kappa shape index (κ3) is 2.39. The van der Waals surface area contributed by atoms with Crippen LogP contribution in [0, 0.1) is 5.92 Å². The molecule has 3 aromatic rings. The fourth-order valence-electron chi connectivity index (χ4n) is 3.32. The lowest BCUT2D eigenvalue weighted by atomic mass is 9.91. The van der Waals surface area contributed by atoms with Crippen LogP contribution in [-0.4, -0.2) is 18.2 Å². The highest BCUT2D eigenvalue weighted by atomic mass is 79.9. The van der Waals surface area contributed by atoms with Crippen molar-refractivity contribution < 1.29 is 4.74 Å². The summed E-state index contributed by atoms with van der Waals surface area (Å²) in [5.41, 5.74) is 3.80. The highest BCUT2D eigenvalue weighted by molar-refractivity contribution is 9.09. The number of ether oxygens (including phenoxy) is 1. The number of benzene rings is 2. The minimum absolute atomic E-state index is 0.416. The van der Waals surface area contributed by atoms with Gasteiger partial charge < -0.3 is 9.72 Å². The molecule has 0 radical (unpaired) electrons. The van der Waals surface area contributed by atoms with Crippen LogP contribution in [0.1, 0.15) is 23.2 Å². The van der Waals surface area contributed by atoms with Crippen LogP contribution in [0.2, 0.25) is 0 Å². The van der Waals surface area contributed by atoms with Crippen molar-refractivity contribution in [3.05, 3.63) is 48.0 Å². The van der Waals surface area contributed by atoms with Crippen LogP contribution in [0.4, 0.5) is 0 Å². The van der Waals surface area contributed by atoms with Crippen LogP contribution in [0.25, 0.3) is 21.8 Å². The number of H-pyrrole nitrogens is 1. The second-order valence-electron chi connectivity index (χ2n) is 5.83. The summed E-state index contributed by atoms with van der Waals surface area (Å²) in [4.78, 5) is 3.90. The Bertz CT molecular complexity index is 773. The first-order valence-corrected chi connectivity index (χ1v) is 8.47. The summed E-state index contributed by atoms with van der Waals surface area (Å²) in [6.45, 7) is 1.78. The first-order valence-electron chi connectivity index (χ1n) is 7.55. The quantitative estimate of drug-likeness (QED) is 0.637. The van der Waals surface area contributed by atoms with Gasteiger partial charge in [-0.3, -0.25) is 0 Å². The SMILES string of the molecule is BrC(c1ccc2[nH]c3ccccc3c2c1)C1CCOCC1. The standard InChI is InChI=1S/C18H18BrNO/c19-18(12-7-9-21-10-8-12)13-5-6-17-15(11-13)14-3-1-2-4-16(14)20-17/h1-6,11-12,18,20H,7-10H2. The zero-order chi connectivity index (χ0) is 14.2. The van der Waals surface area contributed by atoms with Crippen LogP contribution in [0.5, 0.6) is 0 Å². The normalized spacial score (nSPS) is 18.3. The molecular formula is C18H18BrNO. The van der Waals surface area contributed by atoms with Crippen LogP contribution in [-0.2, 0) is 4.74 Å². The smallest absolute Gasteiger partial charge is 0.0469 e. The Morgan fingerprint density at radius 1 is 1.00 bits per heavy atom. The van der Waals surface area contributed by atoms with Crippen molar-refractivity contribution in [1.29, 1.82) is 0 Å². The van der Waals surface area contributed by atoms with E-state index in [1.165, 1.54) is 27.4 Å². The molecule has 2 aromatic carbocycles. The van der Waals surface area contributed by atoms with E-state index in [2.05, 4.69) is 63.4 Å². The highest BCUT2D eigenvalue weighted by Gasteiger charge is 2.23. The van der Waals surface area contributed by atoms with E-state index in [1.807, 2.05) is 0 Å². The van der Waals surface area contributed by atoms with Gasteiger partial charge in [-0.1, -0.05) is 40.2 Å². The summed E-state index contributed by atoms with van der Waals surface area (Å²) >= 11 is 3.92. The van der Waals surface area contributed by atoms with E-state index in [1.54, 1.807) is 0 Å². The summed E-state index contributed by atoms with van der Waals surface area (Å²) in [6, 6.07) is 15.3. The Hall–Kier alpha value is -1.32.